The third-order valence-electron chi connectivity index (χ3n) is 2.64. The number of allylic oxidation sites excluding steroid dienone is 2. The Labute approximate surface area is 75.9 Å². The molecule has 1 fully saturated rings. The summed E-state index contributed by atoms with van der Waals surface area (Å²) in [6.07, 6.45) is 7.03. The number of hydrogen-bond acceptors (Lipinski definition) is 1. The quantitative estimate of drug-likeness (QED) is 0.447. The van der Waals surface area contributed by atoms with Gasteiger partial charge >= 0.3 is 0 Å². The first kappa shape index (κ1) is 7.81. The minimum absolute atomic E-state index is 0.583. The van der Waals surface area contributed by atoms with Crippen molar-refractivity contribution in [3.8, 4) is 0 Å². The molecule has 3 unspecified atom stereocenters. The summed E-state index contributed by atoms with van der Waals surface area (Å²) in [6, 6.07) is 0. The molecule has 1 saturated heterocycles. The van der Waals surface area contributed by atoms with E-state index in [4.69, 9.17) is 4.74 Å². The maximum absolute atomic E-state index is 5.44. The molecule has 2 rings (SSSR count). The van der Waals surface area contributed by atoms with E-state index >= 15 is 0 Å². The number of alkyl halides is 1. The Morgan fingerprint density at radius 1 is 1.27 bits per heavy atom. The molecule has 0 amide bonds. The van der Waals surface area contributed by atoms with Crippen LogP contribution >= 0.6 is 15.9 Å². The van der Waals surface area contributed by atoms with Crippen molar-refractivity contribution in [1.82, 2.24) is 0 Å². The predicted octanol–water partition coefficient (Wildman–Crippen LogP) is 2.36. The van der Waals surface area contributed by atoms with Crippen molar-refractivity contribution in [2.24, 2.45) is 11.8 Å². The fraction of sp³-hybridized carbons (Fsp3) is 0.778. The maximum atomic E-state index is 5.44. The van der Waals surface area contributed by atoms with Crippen LogP contribution in [0.2, 0.25) is 0 Å². The summed E-state index contributed by atoms with van der Waals surface area (Å²) < 4.78 is 5.44. The highest BCUT2D eigenvalue weighted by Gasteiger charge is 2.29. The molecule has 2 heteroatoms. The van der Waals surface area contributed by atoms with Crippen LogP contribution in [0.4, 0.5) is 0 Å². The zero-order chi connectivity index (χ0) is 7.68. The molecule has 1 heterocycles. The molecular weight excluding hydrogens is 204 g/mol. The lowest BCUT2D eigenvalue weighted by Gasteiger charge is -2.13. The first-order chi connectivity index (χ1) is 5.36. The Morgan fingerprint density at radius 3 is 3.00 bits per heavy atom. The minimum atomic E-state index is 0.583. The van der Waals surface area contributed by atoms with E-state index in [9.17, 15) is 0 Å². The smallest absolute Gasteiger partial charge is 0.0500 e. The van der Waals surface area contributed by atoms with Crippen LogP contribution in [0.5, 0.6) is 0 Å². The zero-order valence-corrected chi connectivity index (χ0v) is 8.09. The second-order valence-electron chi connectivity index (χ2n) is 3.47. The number of fused-ring (bicyclic) bond motifs is 1. The highest BCUT2D eigenvalue weighted by molar-refractivity contribution is 9.09. The van der Waals surface area contributed by atoms with Gasteiger partial charge in [0.2, 0.25) is 0 Å². The van der Waals surface area contributed by atoms with Gasteiger partial charge in [0, 0.05) is 11.4 Å². The van der Waals surface area contributed by atoms with Crippen molar-refractivity contribution in [2.75, 3.05) is 13.2 Å². The zero-order valence-electron chi connectivity index (χ0n) is 6.50. The third-order valence-corrected chi connectivity index (χ3v) is 3.32. The minimum Gasteiger partial charge on any atom is -0.381 e. The molecular formula is C9H13BrO. The lowest BCUT2D eigenvalue weighted by molar-refractivity contribution is 0.179. The lowest BCUT2D eigenvalue weighted by Crippen LogP contribution is -2.12. The summed E-state index contributed by atoms with van der Waals surface area (Å²) in [6.45, 7) is 1.96. The molecule has 0 aromatic heterocycles. The SMILES string of the molecule is BrC1C=CCC2COCC2C1. The van der Waals surface area contributed by atoms with E-state index in [2.05, 4.69) is 28.1 Å². The molecule has 0 radical (unpaired) electrons. The van der Waals surface area contributed by atoms with Crippen LogP contribution in [-0.4, -0.2) is 18.0 Å². The van der Waals surface area contributed by atoms with E-state index in [1.807, 2.05) is 0 Å². The van der Waals surface area contributed by atoms with Gasteiger partial charge in [-0.25, -0.2) is 0 Å². The number of hydrogen-bond donors (Lipinski definition) is 0. The van der Waals surface area contributed by atoms with Crippen molar-refractivity contribution < 1.29 is 4.74 Å². The molecule has 1 aliphatic carbocycles. The van der Waals surface area contributed by atoms with Gasteiger partial charge in [-0.3, -0.25) is 0 Å². The van der Waals surface area contributed by atoms with E-state index in [1.54, 1.807) is 0 Å². The van der Waals surface area contributed by atoms with E-state index in [0.29, 0.717) is 4.83 Å². The molecule has 0 aromatic rings. The predicted molar refractivity (Wildman–Crippen MR) is 48.9 cm³/mol. The topological polar surface area (TPSA) is 9.23 Å². The average Bonchev–Trinajstić information content (AvgIpc) is 2.31. The van der Waals surface area contributed by atoms with Crippen LogP contribution in [0.15, 0.2) is 12.2 Å². The average molecular weight is 217 g/mol. The molecule has 3 atom stereocenters. The van der Waals surface area contributed by atoms with Gasteiger partial charge in [0.15, 0.2) is 0 Å². The van der Waals surface area contributed by atoms with Gasteiger partial charge in [-0.1, -0.05) is 28.1 Å². The molecule has 0 saturated carbocycles. The van der Waals surface area contributed by atoms with Crippen LogP contribution < -0.4 is 0 Å². The van der Waals surface area contributed by atoms with E-state index in [0.717, 1.165) is 25.0 Å². The monoisotopic (exact) mass is 216 g/mol. The van der Waals surface area contributed by atoms with Crippen molar-refractivity contribution in [2.45, 2.75) is 17.7 Å². The summed E-state index contributed by atoms with van der Waals surface area (Å²) in [4.78, 5) is 0.583. The first-order valence-electron chi connectivity index (χ1n) is 4.25. The molecule has 0 bridgehead atoms. The molecule has 0 aromatic carbocycles. The van der Waals surface area contributed by atoms with Gasteiger partial charge in [0.25, 0.3) is 0 Å². The van der Waals surface area contributed by atoms with E-state index in [1.165, 1.54) is 12.8 Å². The number of halogens is 1. The molecule has 2 aliphatic rings. The highest BCUT2D eigenvalue weighted by Crippen LogP contribution is 2.32. The number of ether oxygens (including phenoxy) is 1. The van der Waals surface area contributed by atoms with Crippen molar-refractivity contribution in [1.29, 1.82) is 0 Å². The Morgan fingerprint density at radius 2 is 2.09 bits per heavy atom. The largest absolute Gasteiger partial charge is 0.381 e. The molecule has 0 spiro atoms. The normalized spacial score (nSPS) is 43.5. The van der Waals surface area contributed by atoms with Gasteiger partial charge in [0.1, 0.15) is 0 Å². The Hall–Kier alpha value is 0.180. The number of rotatable bonds is 0. The van der Waals surface area contributed by atoms with Crippen LogP contribution in [0.3, 0.4) is 0 Å². The van der Waals surface area contributed by atoms with E-state index < -0.39 is 0 Å². The summed E-state index contributed by atoms with van der Waals surface area (Å²) in [5.41, 5.74) is 0. The van der Waals surface area contributed by atoms with Gasteiger partial charge in [-0.15, -0.1) is 0 Å². The first-order valence-corrected chi connectivity index (χ1v) is 5.16. The van der Waals surface area contributed by atoms with Crippen molar-refractivity contribution >= 4 is 15.9 Å². The van der Waals surface area contributed by atoms with Gasteiger partial charge in [-0.2, -0.15) is 0 Å². The third kappa shape index (κ3) is 1.67. The highest BCUT2D eigenvalue weighted by atomic mass is 79.9. The van der Waals surface area contributed by atoms with Crippen LogP contribution in [0.1, 0.15) is 12.8 Å². The Balaban J connectivity index is 2.04. The second kappa shape index (κ2) is 3.28. The fourth-order valence-electron chi connectivity index (χ4n) is 1.93. The summed E-state index contributed by atoms with van der Waals surface area (Å²) in [5.74, 6) is 1.60. The van der Waals surface area contributed by atoms with Gasteiger partial charge < -0.3 is 4.74 Å². The summed E-state index contributed by atoms with van der Waals surface area (Å²) >= 11 is 3.63. The molecule has 1 nitrogen and oxygen atoms in total. The van der Waals surface area contributed by atoms with Gasteiger partial charge in [-0.05, 0) is 24.7 Å². The molecule has 62 valence electrons. The second-order valence-corrected chi connectivity index (χ2v) is 4.65. The maximum Gasteiger partial charge on any atom is 0.0500 e. The standard InChI is InChI=1S/C9H13BrO/c10-9-3-1-2-7-5-11-6-8(7)4-9/h1,3,7-9H,2,4-6H2. The molecule has 0 N–H and O–H groups in total. The van der Waals surface area contributed by atoms with Crippen LogP contribution in [-0.2, 0) is 4.74 Å². The summed E-state index contributed by atoms with van der Waals surface area (Å²) in [7, 11) is 0. The van der Waals surface area contributed by atoms with Crippen LogP contribution in [0, 0.1) is 11.8 Å². The van der Waals surface area contributed by atoms with Crippen LogP contribution in [0.25, 0.3) is 0 Å². The van der Waals surface area contributed by atoms with Crippen molar-refractivity contribution in [3.63, 3.8) is 0 Å². The Kier molecular flexibility index (Phi) is 2.33. The lowest BCUT2D eigenvalue weighted by atomic mass is 9.91. The fourth-order valence-corrected chi connectivity index (χ4v) is 2.63. The van der Waals surface area contributed by atoms with Gasteiger partial charge in [0.05, 0.1) is 6.61 Å². The van der Waals surface area contributed by atoms with Crippen molar-refractivity contribution in [3.05, 3.63) is 12.2 Å². The molecule has 1 aliphatic heterocycles. The van der Waals surface area contributed by atoms with E-state index in [-0.39, 0.29) is 0 Å². The summed E-state index contributed by atoms with van der Waals surface area (Å²) in [5, 5.41) is 0. The molecule has 11 heavy (non-hydrogen) atoms. The Bertz CT molecular complexity index is 167.